The van der Waals surface area contributed by atoms with Gasteiger partial charge in [0.15, 0.2) is 0 Å². The molecule has 1 aromatic carbocycles. The van der Waals surface area contributed by atoms with Crippen LogP contribution < -0.4 is 20.9 Å². The second-order valence-corrected chi connectivity index (χ2v) is 7.22. The fraction of sp³-hybridized carbons (Fsp3) is 0.611. The number of nitrogens with zero attached hydrogens (tertiary/aromatic N) is 1. The second kappa shape index (κ2) is 6.70. The molecule has 3 aliphatic rings. The summed E-state index contributed by atoms with van der Waals surface area (Å²) in [7, 11) is 2.12. The Morgan fingerprint density at radius 1 is 1.33 bits per heavy atom. The van der Waals surface area contributed by atoms with Crippen LogP contribution >= 0.6 is 0 Å². The summed E-state index contributed by atoms with van der Waals surface area (Å²) in [5.41, 5.74) is 7.74. The summed E-state index contributed by atoms with van der Waals surface area (Å²) in [5, 5.41) is 3.09. The highest BCUT2D eigenvalue weighted by Crippen LogP contribution is 2.27. The number of carbonyl (C=O) groups excluding carboxylic acids is 1. The molecule has 1 aromatic rings. The summed E-state index contributed by atoms with van der Waals surface area (Å²) >= 11 is 0. The Morgan fingerprint density at radius 3 is 3.12 bits per heavy atom. The zero-order valence-corrected chi connectivity index (χ0v) is 14.1. The molecule has 1 amide bonds. The minimum atomic E-state index is -0.159. The van der Waals surface area contributed by atoms with Crippen molar-refractivity contribution in [2.75, 3.05) is 26.7 Å². The number of nitrogens with one attached hydrogen (secondary N) is 3. The first-order valence-electron chi connectivity index (χ1n) is 8.92. The molecule has 3 N–H and O–H groups in total. The van der Waals surface area contributed by atoms with Gasteiger partial charge in [-0.3, -0.25) is 10.2 Å². The van der Waals surface area contributed by atoms with E-state index in [2.05, 4.69) is 34.2 Å². The van der Waals surface area contributed by atoms with E-state index in [1.54, 1.807) is 0 Å². The van der Waals surface area contributed by atoms with Gasteiger partial charge in [0, 0.05) is 18.5 Å². The number of hydrogen-bond donors (Lipinski definition) is 3. The van der Waals surface area contributed by atoms with Gasteiger partial charge < -0.3 is 15.0 Å². The normalized spacial score (nSPS) is 32.5. The van der Waals surface area contributed by atoms with Crippen LogP contribution in [-0.2, 0) is 11.2 Å². The average molecular weight is 330 g/mol. The van der Waals surface area contributed by atoms with Crippen molar-refractivity contribution in [3.8, 4) is 5.75 Å². The maximum atomic E-state index is 12.6. The number of carbonyl (C=O) groups is 1. The van der Waals surface area contributed by atoms with Crippen LogP contribution in [0.2, 0.25) is 0 Å². The van der Waals surface area contributed by atoms with E-state index in [9.17, 15) is 4.79 Å². The van der Waals surface area contributed by atoms with Crippen LogP contribution in [0.25, 0.3) is 0 Å². The van der Waals surface area contributed by atoms with Gasteiger partial charge >= 0.3 is 0 Å². The van der Waals surface area contributed by atoms with Gasteiger partial charge in [-0.25, -0.2) is 5.43 Å². The maximum Gasteiger partial charge on any atom is 0.239 e. The standard InChI is InChI=1S/C18H26N4O2/c1-22-9-8-15-14(11-22)17(21-20-15)18(23)19-10-13-7-6-12-4-2-3-5-16(12)24-13/h2-5,13-15,17,20-21H,6-11H2,1H3,(H,19,23)/t13-,14?,15?,17?/m1/s1. The van der Waals surface area contributed by atoms with Gasteiger partial charge in [-0.1, -0.05) is 18.2 Å². The number of benzene rings is 1. The lowest BCUT2D eigenvalue weighted by Gasteiger charge is -2.33. The van der Waals surface area contributed by atoms with Crippen LogP contribution in [0.1, 0.15) is 18.4 Å². The van der Waals surface area contributed by atoms with E-state index >= 15 is 0 Å². The van der Waals surface area contributed by atoms with Crippen LogP contribution in [0, 0.1) is 5.92 Å². The van der Waals surface area contributed by atoms with E-state index < -0.39 is 0 Å². The maximum absolute atomic E-state index is 12.6. The van der Waals surface area contributed by atoms with Gasteiger partial charge in [-0.2, -0.15) is 0 Å². The van der Waals surface area contributed by atoms with Crippen molar-refractivity contribution in [3.63, 3.8) is 0 Å². The lowest BCUT2D eigenvalue weighted by Crippen LogP contribution is -2.51. The molecule has 0 aliphatic carbocycles. The minimum Gasteiger partial charge on any atom is -0.488 e. The number of hydrazine groups is 1. The van der Waals surface area contributed by atoms with Crippen molar-refractivity contribution < 1.29 is 9.53 Å². The van der Waals surface area contributed by atoms with Crippen molar-refractivity contribution in [2.24, 2.45) is 5.92 Å². The Hall–Kier alpha value is -1.63. The summed E-state index contributed by atoms with van der Waals surface area (Å²) in [5.74, 6) is 1.36. The van der Waals surface area contributed by atoms with Gasteiger partial charge in [0.2, 0.25) is 5.91 Å². The number of rotatable bonds is 3. The number of likely N-dealkylation sites (tertiary alicyclic amines) is 1. The molecule has 2 fully saturated rings. The zero-order chi connectivity index (χ0) is 16.5. The highest BCUT2D eigenvalue weighted by Gasteiger charge is 2.42. The minimum absolute atomic E-state index is 0.0584. The van der Waals surface area contributed by atoms with Gasteiger partial charge in [0.1, 0.15) is 17.9 Å². The quantitative estimate of drug-likeness (QED) is 0.744. The third kappa shape index (κ3) is 3.14. The van der Waals surface area contributed by atoms with Crippen molar-refractivity contribution in [2.45, 2.75) is 37.5 Å². The number of hydrogen-bond acceptors (Lipinski definition) is 5. The predicted molar refractivity (Wildman–Crippen MR) is 91.6 cm³/mol. The van der Waals surface area contributed by atoms with Gasteiger partial charge in [0.05, 0.1) is 6.54 Å². The van der Waals surface area contributed by atoms with Crippen molar-refractivity contribution in [1.82, 2.24) is 21.1 Å². The molecule has 0 radical (unpaired) electrons. The monoisotopic (exact) mass is 330 g/mol. The highest BCUT2D eigenvalue weighted by atomic mass is 16.5. The Balaban J connectivity index is 1.31. The first kappa shape index (κ1) is 15.9. The van der Waals surface area contributed by atoms with E-state index in [4.69, 9.17) is 4.74 Å². The Bertz CT molecular complexity index is 608. The number of para-hydroxylation sites is 1. The van der Waals surface area contributed by atoms with Crippen molar-refractivity contribution in [1.29, 1.82) is 0 Å². The summed E-state index contributed by atoms with van der Waals surface area (Å²) in [4.78, 5) is 14.9. The topological polar surface area (TPSA) is 65.6 Å². The lowest BCUT2D eigenvalue weighted by atomic mass is 9.88. The number of piperidine rings is 1. The SMILES string of the molecule is CN1CCC2NNC(C(=O)NC[C@H]3CCc4ccccc4O3)C2C1. The molecule has 6 heteroatoms. The number of amides is 1. The van der Waals surface area contributed by atoms with Gasteiger partial charge in [-0.15, -0.1) is 0 Å². The molecule has 24 heavy (non-hydrogen) atoms. The molecular weight excluding hydrogens is 304 g/mol. The third-order valence-corrected chi connectivity index (χ3v) is 5.50. The van der Waals surface area contributed by atoms with Crippen LogP contribution in [0.5, 0.6) is 5.75 Å². The molecule has 3 heterocycles. The second-order valence-electron chi connectivity index (χ2n) is 7.22. The summed E-state index contributed by atoms with van der Waals surface area (Å²) in [6, 6.07) is 8.39. The van der Waals surface area contributed by atoms with Crippen LogP contribution in [0.4, 0.5) is 0 Å². The number of ether oxygens (including phenoxy) is 1. The van der Waals surface area contributed by atoms with Crippen molar-refractivity contribution >= 4 is 5.91 Å². The Labute approximate surface area is 142 Å². The molecule has 0 saturated carbocycles. The summed E-state index contributed by atoms with van der Waals surface area (Å²) < 4.78 is 6.01. The molecule has 0 aromatic heterocycles. The first-order valence-corrected chi connectivity index (χ1v) is 8.92. The smallest absolute Gasteiger partial charge is 0.239 e. The highest BCUT2D eigenvalue weighted by molar-refractivity contribution is 5.82. The van der Waals surface area contributed by atoms with E-state index in [1.807, 2.05) is 18.2 Å². The molecule has 4 atom stereocenters. The van der Waals surface area contributed by atoms with E-state index in [1.165, 1.54) is 5.56 Å². The van der Waals surface area contributed by atoms with E-state index in [0.29, 0.717) is 18.5 Å². The fourth-order valence-corrected chi connectivity index (χ4v) is 4.08. The molecule has 3 aliphatic heterocycles. The molecule has 0 bridgehead atoms. The Kier molecular flexibility index (Phi) is 4.43. The Morgan fingerprint density at radius 2 is 2.21 bits per heavy atom. The third-order valence-electron chi connectivity index (χ3n) is 5.50. The van der Waals surface area contributed by atoms with Crippen LogP contribution in [-0.4, -0.2) is 55.7 Å². The zero-order valence-electron chi connectivity index (χ0n) is 14.1. The van der Waals surface area contributed by atoms with Gasteiger partial charge in [-0.05, 0) is 44.5 Å². The molecule has 4 rings (SSSR count). The number of aryl methyl sites for hydroxylation is 1. The summed E-state index contributed by atoms with van der Waals surface area (Å²) in [6.07, 6.45) is 3.10. The average Bonchev–Trinajstić information content (AvgIpc) is 3.02. The molecule has 3 unspecified atom stereocenters. The number of fused-ring (bicyclic) bond motifs is 2. The first-order chi connectivity index (χ1) is 11.7. The summed E-state index contributed by atoms with van der Waals surface area (Å²) in [6.45, 7) is 2.61. The van der Waals surface area contributed by atoms with E-state index in [0.717, 1.165) is 38.1 Å². The molecule has 130 valence electrons. The van der Waals surface area contributed by atoms with Crippen molar-refractivity contribution in [3.05, 3.63) is 29.8 Å². The fourth-order valence-electron chi connectivity index (χ4n) is 4.08. The molecule has 0 spiro atoms. The van der Waals surface area contributed by atoms with Crippen LogP contribution in [0.15, 0.2) is 24.3 Å². The lowest BCUT2D eigenvalue weighted by molar-refractivity contribution is -0.124. The predicted octanol–water partition coefficient (Wildman–Crippen LogP) is 0.293. The molecular formula is C18H26N4O2. The molecule has 6 nitrogen and oxygen atoms in total. The van der Waals surface area contributed by atoms with Crippen LogP contribution in [0.3, 0.4) is 0 Å². The van der Waals surface area contributed by atoms with Gasteiger partial charge in [0.25, 0.3) is 0 Å². The van der Waals surface area contributed by atoms with E-state index in [-0.39, 0.29) is 18.1 Å². The molecule has 2 saturated heterocycles. The largest absolute Gasteiger partial charge is 0.488 e.